The highest BCUT2D eigenvalue weighted by Gasteiger charge is 2.14. The van der Waals surface area contributed by atoms with E-state index in [0.29, 0.717) is 0 Å². The zero-order chi connectivity index (χ0) is 11.5. The molecule has 1 N–H and O–H groups in total. The standard InChI is InChI=1S/C13H10Br2O/c14-11-8-4-7-10(12(11)15)13(16)9-5-2-1-3-6-9/h1-8,13,16H. The van der Waals surface area contributed by atoms with Gasteiger partial charge in [-0.25, -0.2) is 0 Å². The van der Waals surface area contributed by atoms with Gasteiger partial charge in [0.2, 0.25) is 0 Å². The summed E-state index contributed by atoms with van der Waals surface area (Å²) >= 11 is 6.90. The molecule has 0 aliphatic heterocycles. The van der Waals surface area contributed by atoms with E-state index in [9.17, 15) is 5.11 Å². The zero-order valence-electron chi connectivity index (χ0n) is 8.40. The minimum Gasteiger partial charge on any atom is -0.384 e. The van der Waals surface area contributed by atoms with Crippen molar-refractivity contribution in [2.75, 3.05) is 0 Å². The fourth-order valence-corrected chi connectivity index (χ4v) is 2.41. The second-order valence-corrected chi connectivity index (χ2v) is 5.10. The number of hydrogen-bond acceptors (Lipinski definition) is 1. The van der Waals surface area contributed by atoms with Crippen LogP contribution in [0.4, 0.5) is 0 Å². The normalized spacial score (nSPS) is 12.4. The fraction of sp³-hybridized carbons (Fsp3) is 0.0769. The van der Waals surface area contributed by atoms with Gasteiger partial charge in [-0.1, -0.05) is 42.5 Å². The predicted octanol–water partition coefficient (Wildman–Crippen LogP) is 4.29. The van der Waals surface area contributed by atoms with Crippen molar-refractivity contribution in [3.63, 3.8) is 0 Å². The Bertz CT molecular complexity index is 483. The van der Waals surface area contributed by atoms with Gasteiger partial charge in [-0.05, 0) is 43.5 Å². The first-order valence-electron chi connectivity index (χ1n) is 4.87. The van der Waals surface area contributed by atoms with Gasteiger partial charge in [-0.3, -0.25) is 0 Å². The molecule has 0 aliphatic rings. The van der Waals surface area contributed by atoms with E-state index in [1.54, 1.807) is 0 Å². The Balaban J connectivity index is 2.42. The van der Waals surface area contributed by atoms with Gasteiger partial charge in [0, 0.05) is 14.5 Å². The highest BCUT2D eigenvalue weighted by Crippen LogP contribution is 2.33. The number of hydrogen-bond donors (Lipinski definition) is 1. The van der Waals surface area contributed by atoms with Crippen LogP contribution in [0.25, 0.3) is 0 Å². The Hall–Kier alpha value is -0.640. The SMILES string of the molecule is OC(c1ccccc1)c1cccc(Br)c1Br. The average molecular weight is 342 g/mol. The van der Waals surface area contributed by atoms with Gasteiger partial charge in [0.25, 0.3) is 0 Å². The average Bonchev–Trinajstić information content (AvgIpc) is 2.33. The lowest BCUT2D eigenvalue weighted by molar-refractivity contribution is 0.219. The number of aliphatic hydroxyl groups is 1. The van der Waals surface area contributed by atoms with E-state index < -0.39 is 6.10 Å². The maximum absolute atomic E-state index is 10.2. The van der Waals surface area contributed by atoms with Gasteiger partial charge in [0.15, 0.2) is 0 Å². The van der Waals surface area contributed by atoms with Crippen LogP contribution in [0, 0.1) is 0 Å². The lowest BCUT2D eigenvalue weighted by Gasteiger charge is -2.13. The summed E-state index contributed by atoms with van der Waals surface area (Å²) in [6, 6.07) is 15.4. The smallest absolute Gasteiger partial charge is 0.105 e. The van der Waals surface area contributed by atoms with E-state index in [4.69, 9.17) is 0 Å². The molecule has 16 heavy (non-hydrogen) atoms. The third-order valence-electron chi connectivity index (χ3n) is 2.39. The maximum atomic E-state index is 10.2. The lowest BCUT2D eigenvalue weighted by atomic mass is 10.0. The van der Waals surface area contributed by atoms with Crippen molar-refractivity contribution in [3.8, 4) is 0 Å². The molecule has 82 valence electrons. The van der Waals surface area contributed by atoms with Gasteiger partial charge in [0.05, 0.1) is 0 Å². The zero-order valence-corrected chi connectivity index (χ0v) is 11.6. The van der Waals surface area contributed by atoms with Crippen LogP contribution in [-0.2, 0) is 0 Å². The molecule has 0 radical (unpaired) electrons. The molecule has 2 rings (SSSR count). The van der Waals surface area contributed by atoms with Crippen LogP contribution in [0.5, 0.6) is 0 Å². The molecular formula is C13H10Br2O. The Kier molecular flexibility index (Phi) is 3.79. The second kappa shape index (κ2) is 5.13. The van der Waals surface area contributed by atoms with E-state index in [0.717, 1.165) is 20.1 Å². The van der Waals surface area contributed by atoms with Gasteiger partial charge in [0.1, 0.15) is 6.10 Å². The molecule has 0 saturated carbocycles. The number of rotatable bonds is 2. The van der Waals surface area contributed by atoms with Crippen LogP contribution < -0.4 is 0 Å². The molecule has 0 heterocycles. The quantitative estimate of drug-likeness (QED) is 0.863. The predicted molar refractivity (Wildman–Crippen MR) is 72.3 cm³/mol. The Morgan fingerprint density at radius 1 is 0.875 bits per heavy atom. The minimum atomic E-state index is -0.604. The molecule has 0 fully saturated rings. The van der Waals surface area contributed by atoms with E-state index in [1.807, 2.05) is 48.5 Å². The molecule has 1 atom stereocenters. The molecule has 0 aliphatic carbocycles. The van der Waals surface area contributed by atoms with Crippen LogP contribution in [0.1, 0.15) is 17.2 Å². The fourth-order valence-electron chi connectivity index (χ4n) is 1.55. The molecule has 3 heteroatoms. The molecular weight excluding hydrogens is 332 g/mol. The van der Waals surface area contributed by atoms with E-state index in [-0.39, 0.29) is 0 Å². The summed E-state index contributed by atoms with van der Waals surface area (Å²) in [7, 11) is 0. The summed E-state index contributed by atoms with van der Waals surface area (Å²) in [6.07, 6.45) is -0.604. The van der Waals surface area contributed by atoms with Crippen molar-refractivity contribution in [2.45, 2.75) is 6.10 Å². The van der Waals surface area contributed by atoms with Gasteiger partial charge >= 0.3 is 0 Å². The third kappa shape index (κ3) is 2.37. The van der Waals surface area contributed by atoms with Crippen LogP contribution in [0.3, 0.4) is 0 Å². The molecule has 1 nitrogen and oxygen atoms in total. The molecule has 0 bridgehead atoms. The number of aliphatic hydroxyl groups excluding tert-OH is 1. The van der Waals surface area contributed by atoms with Gasteiger partial charge in [-0.15, -0.1) is 0 Å². The largest absolute Gasteiger partial charge is 0.384 e. The summed E-state index contributed by atoms with van der Waals surface area (Å²) in [5, 5.41) is 10.2. The second-order valence-electron chi connectivity index (χ2n) is 3.46. The van der Waals surface area contributed by atoms with E-state index >= 15 is 0 Å². The van der Waals surface area contributed by atoms with Crippen molar-refractivity contribution < 1.29 is 5.11 Å². The monoisotopic (exact) mass is 340 g/mol. The maximum Gasteiger partial charge on any atom is 0.105 e. The topological polar surface area (TPSA) is 20.2 Å². The molecule has 2 aromatic rings. The van der Waals surface area contributed by atoms with Crippen LogP contribution in [-0.4, -0.2) is 5.11 Å². The van der Waals surface area contributed by atoms with Crippen molar-refractivity contribution in [1.29, 1.82) is 0 Å². The first-order chi connectivity index (χ1) is 7.70. The van der Waals surface area contributed by atoms with Crippen LogP contribution in [0.15, 0.2) is 57.5 Å². The Morgan fingerprint density at radius 3 is 2.25 bits per heavy atom. The first-order valence-corrected chi connectivity index (χ1v) is 6.45. The highest BCUT2D eigenvalue weighted by molar-refractivity contribution is 9.13. The molecule has 0 saturated heterocycles. The van der Waals surface area contributed by atoms with Crippen LogP contribution in [0.2, 0.25) is 0 Å². The summed E-state index contributed by atoms with van der Waals surface area (Å²) in [5.74, 6) is 0. The van der Waals surface area contributed by atoms with Crippen molar-refractivity contribution in [2.24, 2.45) is 0 Å². The van der Waals surface area contributed by atoms with Gasteiger partial charge < -0.3 is 5.11 Å². The molecule has 0 spiro atoms. The first kappa shape index (κ1) is 11.8. The number of halogens is 2. The summed E-state index contributed by atoms with van der Waals surface area (Å²) in [4.78, 5) is 0. The van der Waals surface area contributed by atoms with Crippen LogP contribution >= 0.6 is 31.9 Å². The van der Waals surface area contributed by atoms with Gasteiger partial charge in [-0.2, -0.15) is 0 Å². The highest BCUT2D eigenvalue weighted by atomic mass is 79.9. The number of benzene rings is 2. The summed E-state index contributed by atoms with van der Waals surface area (Å²) in [5.41, 5.74) is 1.75. The Labute approximate surface area is 111 Å². The summed E-state index contributed by atoms with van der Waals surface area (Å²) in [6.45, 7) is 0. The third-order valence-corrected chi connectivity index (χ3v) is 4.47. The Morgan fingerprint density at radius 2 is 1.56 bits per heavy atom. The molecule has 0 aromatic heterocycles. The van der Waals surface area contributed by atoms with E-state index in [2.05, 4.69) is 31.9 Å². The molecule has 2 aromatic carbocycles. The molecule has 1 unspecified atom stereocenters. The van der Waals surface area contributed by atoms with E-state index in [1.165, 1.54) is 0 Å². The minimum absolute atomic E-state index is 0.604. The van der Waals surface area contributed by atoms with Crippen molar-refractivity contribution >= 4 is 31.9 Å². The van der Waals surface area contributed by atoms with Crippen molar-refractivity contribution in [3.05, 3.63) is 68.6 Å². The summed E-state index contributed by atoms with van der Waals surface area (Å²) < 4.78 is 1.84. The molecule has 0 amide bonds. The van der Waals surface area contributed by atoms with Crippen molar-refractivity contribution in [1.82, 2.24) is 0 Å². The lowest BCUT2D eigenvalue weighted by Crippen LogP contribution is -2.00.